The summed E-state index contributed by atoms with van der Waals surface area (Å²) in [7, 11) is -3.65. The molecule has 0 bridgehead atoms. The highest BCUT2D eigenvalue weighted by atomic mass is 35.5. The molecule has 25 heavy (non-hydrogen) atoms. The van der Waals surface area contributed by atoms with Gasteiger partial charge in [-0.2, -0.15) is 4.72 Å². The summed E-state index contributed by atoms with van der Waals surface area (Å²) < 4.78 is 33.3. The fourth-order valence-electron chi connectivity index (χ4n) is 2.36. The van der Waals surface area contributed by atoms with Crippen molar-refractivity contribution in [3.05, 3.63) is 82.5 Å². The first kappa shape index (κ1) is 17.6. The van der Waals surface area contributed by atoms with Crippen LogP contribution in [0.4, 0.5) is 0 Å². The summed E-state index contributed by atoms with van der Waals surface area (Å²) in [6.07, 6.45) is 0. The number of sulfonamides is 1. The molecule has 6 nitrogen and oxygen atoms in total. The summed E-state index contributed by atoms with van der Waals surface area (Å²) in [6, 6.07) is 15.0. The molecule has 0 saturated heterocycles. The Labute approximate surface area is 150 Å². The van der Waals surface area contributed by atoms with Gasteiger partial charge in [-0.25, -0.2) is 8.42 Å². The molecule has 3 rings (SSSR count). The van der Waals surface area contributed by atoms with E-state index in [1.165, 1.54) is 0 Å². The number of hydrogen-bond acceptors (Lipinski definition) is 5. The van der Waals surface area contributed by atoms with Crippen molar-refractivity contribution in [1.29, 1.82) is 0 Å². The van der Waals surface area contributed by atoms with Gasteiger partial charge < -0.3 is 4.42 Å². The Balaban J connectivity index is 1.87. The van der Waals surface area contributed by atoms with Crippen LogP contribution < -0.4 is 4.72 Å². The van der Waals surface area contributed by atoms with Crippen molar-refractivity contribution >= 4 is 21.6 Å². The second-order valence-corrected chi connectivity index (χ2v) is 7.70. The highest BCUT2D eigenvalue weighted by molar-refractivity contribution is 7.88. The minimum Gasteiger partial charge on any atom is -0.423 e. The fraction of sp³-hybridized carbons (Fsp3) is 0.176. The number of rotatable bonds is 6. The van der Waals surface area contributed by atoms with Crippen LogP contribution >= 0.6 is 11.6 Å². The second-order valence-electron chi connectivity index (χ2n) is 5.51. The normalized spacial score (nSPS) is 12.9. The van der Waals surface area contributed by atoms with Crippen molar-refractivity contribution in [2.45, 2.75) is 18.7 Å². The van der Waals surface area contributed by atoms with Gasteiger partial charge in [-0.15, -0.1) is 10.2 Å². The maximum atomic E-state index is 12.6. The predicted octanol–water partition coefficient (Wildman–Crippen LogP) is 3.24. The number of hydrogen-bond donors (Lipinski definition) is 1. The molecule has 0 saturated carbocycles. The molecule has 1 aromatic heterocycles. The van der Waals surface area contributed by atoms with Gasteiger partial charge in [0, 0.05) is 11.9 Å². The van der Waals surface area contributed by atoms with Crippen molar-refractivity contribution in [3.63, 3.8) is 0 Å². The summed E-state index contributed by atoms with van der Waals surface area (Å²) in [4.78, 5) is 0. The molecule has 3 aromatic rings. The lowest BCUT2D eigenvalue weighted by atomic mass is 10.1. The summed E-state index contributed by atoms with van der Waals surface area (Å²) in [5.74, 6) is 0.386. The summed E-state index contributed by atoms with van der Waals surface area (Å²) in [6.45, 7) is 1.65. The summed E-state index contributed by atoms with van der Waals surface area (Å²) in [5.41, 5.74) is 1.34. The first-order valence-corrected chi connectivity index (χ1v) is 9.55. The van der Waals surface area contributed by atoms with Crippen molar-refractivity contribution in [2.75, 3.05) is 0 Å². The molecule has 0 radical (unpaired) electrons. The van der Waals surface area contributed by atoms with E-state index in [1.54, 1.807) is 43.3 Å². The Morgan fingerprint density at radius 1 is 1.08 bits per heavy atom. The molecule has 2 aromatic carbocycles. The Morgan fingerprint density at radius 2 is 1.76 bits per heavy atom. The van der Waals surface area contributed by atoms with Gasteiger partial charge in [-0.3, -0.25) is 0 Å². The molecule has 1 unspecified atom stereocenters. The van der Waals surface area contributed by atoms with Gasteiger partial charge >= 0.3 is 0 Å². The van der Waals surface area contributed by atoms with Crippen LogP contribution in [0.25, 0.3) is 0 Å². The van der Waals surface area contributed by atoms with E-state index >= 15 is 0 Å². The number of halogens is 1. The van der Waals surface area contributed by atoms with Crippen molar-refractivity contribution in [3.8, 4) is 0 Å². The van der Waals surface area contributed by atoms with E-state index in [9.17, 15) is 8.42 Å². The van der Waals surface area contributed by atoms with E-state index in [1.807, 2.05) is 18.2 Å². The molecule has 0 fully saturated rings. The lowest BCUT2D eigenvalue weighted by Gasteiger charge is -2.16. The van der Waals surface area contributed by atoms with Crippen LogP contribution in [0.5, 0.6) is 0 Å². The van der Waals surface area contributed by atoms with Gasteiger partial charge in [0.1, 0.15) is 6.04 Å². The monoisotopic (exact) mass is 377 g/mol. The van der Waals surface area contributed by atoms with Crippen LogP contribution in [0.1, 0.15) is 29.0 Å². The zero-order chi connectivity index (χ0) is 17.9. The molecular formula is C17H16ClN3O3S. The number of nitrogens with one attached hydrogen (secondary N) is 1. The van der Waals surface area contributed by atoms with E-state index < -0.39 is 16.1 Å². The lowest BCUT2D eigenvalue weighted by Crippen LogP contribution is -2.30. The number of aromatic nitrogens is 2. The number of nitrogens with zero attached hydrogens (tertiary/aromatic N) is 2. The van der Waals surface area contributed by atoms with Gasteiger partial charge in [-0.1, -0.05) is 54.1 Å². The predicted molar refractivity (Wildman–Crippen MR) is 94.5 cm³/mol. The van der Waals surface area contributed by atoms with E-state index in [4.69, 9.17) is 16.0 Å². The van der Waals surface area contributed by atoms with E-state index in [0.29, 0.717) is 22.0 Å². The Bertz CT molecular complexity index is 941. The zero-order valence-electron chi connectivity index (χ0n) is 13.4. The second kappa shape index (κ2) is 7.35. The minimum atomic E-state index is -3.65. The quantitative estimate of drug-likeness (QED) is 0.712. The summed E-state index contributed by atoms with van der Waals surface area (Å²) in [5, 5.41) is 8.31. The average molecular weight is 378 g/mol. The largest absolute Gasteiger partial charge is 0.423 e. The lowest BCUT2D eigenvalue weighted by molar-refractivity contribution is 0.436. The van der Waals surface area contributed by atoms with Crippen molar-refractivity contribution < 1.29 is 12.8 Å². The zero-order valence-corrected chi connectivity index (χ0v) is 15.0. The van der Waals surface area contributed by atoms with Crippen LogP contribution in [0.2, 0.25) is 5.02 Å². The average Bonchev–Trinajstić information content (AvgIpc) is 3.02. The van der Waals surface area contributed by atoms with Crippen LogP contribution in [-0.4, -0.2) is 18.6 Å². The molecule has 8 heteroatoms. The van der Waals surface area contributed by atoms with Gasteiger partial charge in [0.2, 0.25) is 21.8 Å². The van der Waals surface area contributed by atoms with Gasteiger partial charge in [-0.05, 0) is 23.3 Å². The maximum Gasteiger partial charge on any atom is 0.238 e. The molecule has 1 N–H and O–H groups in total. The molecule has 130 valence electrons. The minimum absolute atomic E-state index is 0.180. The first-order chi connectivity index (χ1) is 11.9. The number of aryl methyl sites for hydroxylation is 1. The van der Waals surface area contributed by atoms with Gasteiger partial charge in [0.05, 0.1) is 5.75 Å². The van der Waals surface area contributed by atoms with Crippen LogP contribution in [0, 0.1) is 6.92 Å². The third-order valence-corrected chi connectivity index (χ3v) is 5.05. The standard InChI is InChI=1S/C17H16ClN3O3S/c1-12-19-20-17(24-12)16(14-5-3-2-4-6-14)21-25(22,23)11-13-7-9-15(18)10-8-13/h2-10,16,21H,11H2,1H3. The Kier molecular flexibility index (Phi) is 5.17. The van der Waals surface area contributed by atoms with E-state index in [2.05, 4.69) is 14.9 Å². The Hall–Kier alpha value is -2.22. The highest BCUT2D eigenvalue weighted by Crippen LogP contribution is 2.23. The molecule has 1 heterocycles. The topological polar surface area (TPSA) is 85.1 Å². The van der Waals surface area contributed by atoms with Gasteiger partial charge in [0.15, 0.2) is 0 Å². The molecule has 0 aliphatic carbocycles. The molecule has 0 spiro atoms. The highest BCUT2D eigenvalue weighted by Gasteiger charge is 2.26. The SMILES string of the molecule is Cc1nnc(C(NS(=O)(=O)Cc2ccc(Cl)cc2)c2ccccc2)o1. The van der Waals surface area contributed by atoms with Crippen LogP contribution in [-0.2, 0) is 15.8 Å². The first-order valence-electron chi connectivity index (χ1n) is 7.52. The molecule has 1 atom stereocenters. The molecule has 0 amide bonds. The van der Waals surface area contributed by atoms with Crippen LogP contribution in [0.3, 0.4) is 0 Å². The third kappa shape index (κ3) is 4.66. The Morgan fingerprint density at radius 3 is 2.36 bits per heavy atom. The third-order valence-electron chi connectivity index (χ3n) is 3.49. The smallest absolute Gasteiger partial charge is 0.238 e. The van der Waals surface area contributed by atoms with E-state index in [-0.39, 0.29) is 11.6 Å². The molecule has 0 aliphatic heterocycles. The van der Waals surface area contributed by atoms with Crippen LogP contribution in [0.15, 0.2) is 59.0 Å². The molecule has 0 aliphatic rings. The van der Waals surface area contributed by atoms with Gasteiger partial charge in [0.25, 0.3) is 0 Å². The fourth-order valence-corrected chi connectivity index (χ4v) is 3.79. The van der Waals surface area contributed by atoms with E-state index in [0.717, 1.165) is 0 Å². The maximum absolute atomic E-state index is 12.6. The molecular weight excluding hydrogens is 362 g/mol. The number of benzene rings is 2. The summed E-state index contributed by atoms with van der Waals surface area (Å²) >= 11 is 5.84. The van der Waals surface area contributed by atoms with Crippen molar-refractivity contribution in [2.24, 2.45) is 0 Å². The van der Waals surface area contributed by atoms with Crippen molar-refractivity contribution in [1.82, 2.24) is 14.9 Å².